The van der Waals surface area contributed by atoms with Crippen LogP contribution < -0.4 is 4.74 Å². The van der Waals surface area contributed by atoms with Crippen LogP contribution in [0.4, 0.5) is 0 Å². The maximum atomic E-state index is 14.6. The van der Waals surface area contributed by atoms with Gasteiger partial charge in [0.05, 0.1) is 65.9 Å². The normalized spacial score (nSPS) is 33.4. The molecule has 3 heterocycles. The summed E-state index contributed by atoms with van der Waals surface area (Å²) < 4.78 is 69.6. The number of carbonyl (C=O) groups excluding carboxylic acids is 4. The van der Waals surface area contributed by atoms with Gasteiger partial charge in [0.2, 0.25) is 12.1 Å². The lowest BCUT2D eigenvalue weighted by atomic mass is 9.75. The molecule has 76 heavy (non-hydrogen) atoms. The number of aromatic hydroxyl groups is 2. The van der Waals surface area contributed by atoms with Crippen molar-refractivity contribution >= 4 is 34.1 Å². The van der Waals surface area contributed by atoms with Crippen molar-refractivity contribution in [1.29, 1.82) is 0 Å². The number of esters is 1. The molecule has 0 amide bonds. The standard InChI is InChI=1S/C52H76O24/c1-21-35(75-39-16-36(45(59)26(6)72-39)74-29(9)70-24(4)34(56)18-66-28(8)54)14-31-12-30-13-32(49(65-11)44(58)22(2)53)50(48(62)42(30)47(61)41(31)43(21)57)69-20-68-23(3)33(55)19-67-38-15-37(46(60)25(5)71-38)76-40-17-52(10,64)51(63)27(7)73-40/h12,14,23-27,29,32-34,36-40,45-46,49-51,55-57,59-61,63-64H,13,15-20H2,1-11H3/t23?,24?,25?,26?,27?,29?,32-,33-,34-,36?,37?,38+,39-,40-,45+,46-,49-,50-,51+,52?/m0/s1. The second-order valence-corrected chi connectivity index (χ2v) is 20.5. The fraction of sp³-hybridized carbons (Fsp3) is 0.731. The number of Topliss-reactive ketones (excluding diaryl/α,β-unsaturated/α-hetero) is 3. The van der Waals surface area contributed by atoms with Crippen LogP contribution in [-0.4, -0.2) is 208 Å². The summed E-state index contributed by atoms with van der Waals surface area (Å²) in [5.41, 5.74) is -1.35. The van der Waals surface area contributed by atoms with Crippen LogP contribution in [0, 0.1) is 12.8 Å². The van der Waals surface area contributed by atoms with Crippen molar-refractivity contribution in [2.45, 2.75) is 211 Å². The highest BCUT2D eigenvalue weighted by atomic mass is 16.7. The molecule has 2 aromatic rings. The summed E-state index contributed by atoms with van der Waals surface area (Å²) in [6, 6.07) is 3.04. The van der Waals surface area contributed by atoms with E-state index in [1.54, 1.807) is 34.6 Å². The van der Waals surface area contributed by atoms with Gasteiger partial charge in [-0.1, -0.05) is 0 Å². The largest absolute Gasteiger partial charge is 0.507 e. The number of phenols is 2. The quantitative estimate of drug-likeness (QED) is 0.0441. The molecule has 0 spiro atoms. The van der Waals surface area contributed by atoms with E-state index in [1.807, 2.05) is 0 Å². The van der Waals surface area contributed by atoms with Crippen molar-refractivity contribution in [3.63, 3.8) is 0 Å². The van der Waals surface area contributed by atoms with Crippen molar-refractivity contribution in [3.8, 4) is 17.2 Å². The lowest BCUT2D eigenvalue weighted by Gasteiger charge is -2.45. The molecule has 0 radical (unpaired) electrons. The fourth-order valence-corrected chi connectivity index (χ4v) is 9.95. The Morgan fingerprint density at radius 2 is 1.45 bits per heavy atom. The van der Waals surface area contributed by atoms with Gasteiger partial charge < -0.3 is 97.7 Å². The van der Waals surface area contributed by atoms with E-state index in [2.05, 4.69) is 0 Å². The Kier molecular flexibility index (Phi) is 20.8. The molecule has 20 atom stereocenters. The molecule has 3 fully saturated rings. The van der Waals surface area contributed by atoms with Crippen molar-refractivity contribution < 1.29 is 117 Å². The second kappa shape index (κ2) is 25.8. The summed E-state index contributed by atoms with van der Waals surface area (Å²) in [6.45, 7) is 13.4. The second-order valence-electron chi connectivity index (χ2n) is 20.5. The number of rotatable bonds is 23. The van der Waals surface area contributed by atoms with Crippen LogP contribution in [0.2, 0.25) is 0 Å². The van der Waals surface area contributed by atoms with Gasteiger partial charge >= 0.3 is 5.97 Å². The maximum Gasteiger partial charge on any atom is 0.302 e. The number of phenolic OH excluding ortho intramolecular Hbond substituents is 2. The SMILES string of the molecule is CO[C@H](C(=O)C(C)=O)[C@@H]1Cc2cc3cc(O[C@H]4CC(OC(C)OC(C)[C@@H](O)COC(C)=O)[C@H](O)C(C)O4)c(C)c(O)c3c(O)c2C(=O)[C@H]1OCOC(C)[C@@H](O)CO[C@H]1CC(O[C@H]2CC(C)(O)[C@H](O)C(C)O2)[C@@H](O)C(C)O1. The van der Waals surface area contributed by atoms with Gasteiger partial charge in [0.1, 0.15) is 73.4 Å². The van der Waals surface area contributed by atoms with Crippen LogP contribution in [0.3, 0.4) is 0 Å². The molecule has 2 aromatic carbocycles. The third kappa shape index (κ3) is 14.2. The molecule has 24 nitrogen and oxygen atoms in total. The summed E-state index contributed by atoms with van der Waals surface area (Å²) >= 11 is 0. The van der Waals surface area contributed by atoms with Gasteiger partial charge in [-0.3, -0.25) is 19.2 Å². The first-order valence-electron chi connectivity index (χ1n) is 25.5. The third-order valence-electron chi connectivity index (χ3n) is 14.5. The Morgan fingerprint density at radius 1 is 0.829 bits per heavy atom. The first-order chi connectivity index (χ1) is 35.6. The van der Waals surface area contributed by atoms with Gasteiger partial charge in [-0.2, -0.15) is 0 Å². The zero-order valence-corrected chi connectivity index (χ0v) is 44.7. The average molecular weight is 1090 g/mol. The highest BCUT2D eigenvalue weighted by Gasteiger charge is 2.48. The molecule has 8 N–H and O–H groups in total. The average Bonchev–Trinajstić information content (AvgIpc) is 3.36. The number of benzene rings is 2. The number of aliphatic hydroxyl groups is 6. The summed E-state index contributed by atoms with van der Waals surface area (Å²) in [6.07, 6.45) is -18.9. The minimum atomic E-state index is -1.56. The van der Waals surface area contributed by atoms with Gasteiger partial charge in [0, 0.05) is 51.7 Å². The number of carbonyl (C=O) groups is 4. The molecular formula is C52H76O24. The number of aliphatic hydroxyl groups excluding tert-OH is 5. The van der Waals surface area contributed by atoms with Gasteiger partial charge in [0.15, 0.2) is 30.4 Å². The van der Waals surface area contributed by atoms with E-state index in [1.165, 1.54) is 46.9 Å². The van der Waals surface area contributed by atoms with Gasteiger partial charge in [-0.05, 0) is 84.9 Å². The van der Waals surface area contributed by atoms with Crippen molar-refractivity contribution in [2.24, 2.45) is 5.92 Å². The number of hydrogen-bond donors (Lipinski definition) is 8. The van der Waals surface area contributed by atoms with E-state index >= 15 is 0 Å². The molecule has 24 heteroatoms. The summed E-state index contributed by atoms with van der Waals surface area (Å²) in [4.78, 5) is 51.5. The molecule has 3 aliphatic heterocycles. The maximum absolute atomic E-state index is 14.6. The number of fused-ring (bicyclic) bond motifs is 2. The lowest BCUT2D eigenvalue weighted by Crippen LogP contribution is -2.57. The lowest BCUT2D eigenvalue weighted by molar-refractivity contribution is -0.319. The number of methoxy groups -OCH3 is 1. The molecular weight excluding hydrogens is 1010 g/mol. The topological polar surface area (TPSA) is 341 Å². The molecule has 0 saturated carbocycles. The van der Waals surface area contributed by atoms with Crippen molar-refractivity contribution in [1.82, 2.24) is 0 Å². The highest BCUT2D eigenvalue weighted by molar-refractivity contribution is 6.38. The third-order valence-corrected chi connectivity index (χ3v) is 14.5. The van der Waals surface area contributed by atoms with E-state index in [-0.39, 0.29) is 72.1 Å². The zero-order chi connectivity index (χ0) is 56.2. The monoisotopic (exact) mass is 1080 g/mol. The van der Waals surface area contributed by atoms with Crippen molar-refractivity contribution in [3.05, 3.63) is 28.8 Å². The van der Waals surface area contributed by atoms with E-state index < -0.39 is 164 Å². The minimum absolute atomic E-state index is 0.0149. The van der Waals surface area contributed by atoms with Gasteiger partial charge in [-0.25, -0.2) is 0 Å². The highest BCUT2D eigenvalue weighted by Crippen LogP contribution is 2.47. The first kappa shape index (κ1) is 61.2. The molecule has 4 aliphatic rings. The Bertz CT molecular complexity index is 2340. The van der Waals surface area contributed by atoms with Crippen LogP contribution in [0.15, 0.2) is 12.1 Å². The Morgan fingerprint density at radius 3 is 2.08 bits per heavy atom. The van der Waals surface area contributed by atoms with E-state index in [0.717, 1.165) is 6.92 Å². The predicted octanol–water partition coefficient (Wildman–Crippen LogP) is 1.28. The van der Waals surface area contributed by atoms with Crippen LogP contribution >= 0.6 is 0 Å². The fourth-order valence-electron chi connectivity index (χ4n) is 9.95. The molecule has 9 unspecified atom stereocenters. The summed E-state index contributed by atoms with van der Waals surface area (Å²) in [5.74, 6) is -5.26. The first-order valence-corrected chi connectivity index (χ1v) is 25.5. The molecule has 3 saturated heterocycles. The molecule has 0 bridgehead atoms. The van der Waals surface area contributed by atoms with Gasteiger partial charge in [-0.15, -0.1) is 0 Å². The van der Waals surface area contributed by atoms with Crippen LogP contribution in [0.5, 0.6) is 17.2 Å². The Hall–Kier alpha value is -4.06. The molecule has 1 aliphatic carbocycles. The molecule has 428 valence electrons. The molecule has 6 rings (SSSR count). The molecule has 0 aromatic heterocycles. The smallest absolute Gasteiger partial charge is 0.302 e. The number of ketones is 3. The Labute approximate surface area is 440 Å². The number of hydrogen-bond acceptors (Lipinski definition) is 24. The summed E-state index contributed by atoms with van der Waals surface area (Å²) in [5, 5.41) is 87.8. The number of ether oxygens (including phenoxy) is 12. The summed E-state index contributed by atoms with van der Waals surface area (Å²) in [7, 11) is 1.20. The van der Waals surface area contributed by atoms with Crippen molar-refractivity contribution in [2.75, 3.05) is 27.1 Å². The minimum Gasteiger partial charge on any atom is -0.507 e. The van der Waals surface area contributed by atoms with E-state index in [0.29, 0.717) is 0 Å². The van der Waals surface area contributed by atoms with E-state index in [9.17, 15) is 60.0 Å². The predicted molar refractivity (Wildman–Crippen MR) is 261 cm³/mol. The van der Waals surface area contributed by atoms with Gasteiger partial charge in [0.25, 0.3) is 0 Å². The van der Waals surface area contributed by atoms with Crippen LogP contribution in [0.1, 0.15) is 103 Å². The van der Waals surface area contributed by atoms with Crippen LogP contribution in [0.25, 0.3) is 10.8 Å². The van der Waals surface area contributed by atoms with E-state index in [4.69, 9.17) is 56.8 Å². The zero-order valence-electron chi connectivity index (χ0n) is 44.7. The van der Waals surface area contributed by atoms with Crippen LogP contribution in [-0.2, 0) is 72.9 Å². The Balaban J connectivity index is 1.13.